The standard InChI is InChI=1S/C30H40F2N6O/c1-5-8-27(35-24-12-11-21-13-23(31)14-26(32)25(21)15-24)30(39)36-29-18-38(19-34-29)28-10-7-6-9-22(28)16-33-20(2)17-37(3)4/h6-7,9-10,13-14,18-20,24,27,33,35H,5,8,11-12,15-17H2,1-4H3,(H,36,39)/t20?,24-,27?/m0/s1. The topological polar surface area (TPSA) is 74.2 Å². The van der Waals surface area contributed by atoms with Crippen LogP contribution in [0.2, 0.25) is 0 Å². The molecule has 0 bridgehead atoms. The number of nitrogens with zero attached hydrogens (tertiary/aromatic N) is 3. The van der Waals surface area contributed by atoms with E-state index in [1.54, 1.807) is 6.33 Å². The molecule has 0 saturated carbocycles. The van der Waals surface area contributed by atoms with Crippen LogP contribution in [0.1, 0.15) is 49.8 Å². The summed E-state index contributed by atoms with van der Waals surface area (Å²) >= 11 is 0. The summed E-state index contributed by atoms with van der Waals surface area (Å²) in [6.45, 7) is 5.85. The van der Waals surface area contributed by atoms with Gasteiger partial charge in [-0.2, -0.15) is 0 Å². The number of anilines is 1. The van der Waals surface area contributed by atoms with Crippen LogP contribution >= 0.6 is 0 Å². The van der Waals surface area contributed by atoms with Gasteiger partial charge in [-0.1, -0.05) is 31.5 Å². The first-order chi connectivity index (χ1) is 18.7. The van der Waals surface area contributed by atoms with Crippen LogP contribution in [-0.2, 0) is 24.2 Å². The van der Waals surface area contributed by atoms with Crippen molar-refractivity contribution in [2.75, 3.05) is 26.0 Å². The zero-order valence-corrected chi connectivity index (χ0v) is 23.3. The fourth-order valence-corrected chi connectivity index (χ4v) is 5.33. The summed E-state index contributed by atoms with van der Waals surface area (Å²) in [5.74, 6) is -0.749. The second-order valence-corrected chi connectivity index (χ2v) is 10.8. The number of hydrogen-bond donors (Lipinski definition) is 3. The lowest BCUT2D eigenvalue weighted by Gasteiger charge is -2.29. The second kappa shape index (κ2) is 13.3. The number of imidazole rings is 1. The molecule has 210 valence electrons. The third-order valence-corrected chi connectivity index (χ3v) is 7.18. The van der Waals surface area contributed by atoms with E-state index in [4.69, 9.17) is 0 Å². The van der Waals surface area contributed by atoms with Crippen LogP contribution in [0.3, 0.4) is 0 Å². The van der Waals surface area contributed by atoms with E-state index in [-0.39, 0.29) is 11.9 Å². The van der Waals surface area contributed by atoms with Gasteiger partial charge in [-0.3, -0.25) is 4.79 Å². The van der Waals surface area contributed by atoms with Crippen molar-refractivity contribution in [1.29, 1.82) is 0 Å². The maximum atomic E-state index is 14.4. The first kappa shape index (κ1) is 28.9. The van der Waals surface area contributed by atoms with Crippen molar-refractivity contribution in [1.82, 2.24) is 25.1 Å². The van der Waals surface area contributed by atoms with Crippen LogP contribution < -0.4 is 16.0 Å². The number of benzene rings is 2. The molecule has 0 radical (unpaired) electrons. The number of para-hydroxylation sites is 1. The molecule has 1 aliphatic rings. The molecule has 0 spiro atoms. The van der Waals surface area contributed by atoms with Gasteiger partial charge < -0.3 is 25.4 Å². The first-order valence-corrected chi connectivity index (χ1v) is 13.8. The van der Waals surface area contributed by atoms with E-state index in [1.807, 2.05) is 35.9 Å². The quantitative estimate of drug-likeness (QED) is 0.318. The average molecular weight is 539 g/mol. The summed E-state index contributed by atoms with van der Waals surface area (Å²) in [7, 11) is 4.12. The smallest absolute Gasteiger partial charge is 0.242 e. The Bertz CT molecular complexity index is 1260. The number of aromatic nitrogens is 2. The number of hydrogen-bond acceptors (Lipinski definition) is 5. The molecule has 1 aliphatic carbocycles. The molecule has 3 aromatic rings. The van der Waals surface area contributed by atoms with Crippen molar-refractivity contribution in [3.63, 3.8) is 0 Å². The van der Waals surface area contributed by atoms with E-state index in [1.165, 1.54) is 6.07 Å². The number of nitrogens with one attached hydrogen (secondary N) is 3. The van der Waals surface area contributed by atoms with Crippen LogP contribution in [0.5, 0.6) is 0 Å². The van der Waals surface area contributed by atoms with Crippen LogP contribution in [-0.4, -0.2) is 59.1 Å². The zero-order chi connectivity index (χ0) is 27.9. The summed E-state index contributed by atoms with van der Waals surface area (Å²) in [4.78, 5) is 19.8. The molecule has 1 aromatic heterocycles. The van der Waals surface area contributed by atoms with E-state index in [2.05, 4.69) is 52.9 Å². The van der Waals surface area contributed by atoms with Gasteiger partial charge in [0.05, 0.1) is 17.9 Å². The molecule has 2 aromatic carbocycles. The zero-order valence-electron chi connectivity index (χ0n) is 23.3. The van der Waals surface area contributed by atoms with E-state index in [0.717, 1.165) is 42.3 Å². The van der Waals surface area contributed by atoms with Crippen LogP contribution in [0.4, 0.5) is 14.6 Å². The minimum Gasteiger partial charge on any atom is -0.309 e. The molecule has 3 atom stereocenters. The predicted octanol–water partition coefficient (Wildman–Crippen LogP) is 4.44. The molecule has 0 fully saturated rings. The highest BCUT2D eigenvalue weighted by Gasteiger charge is 2.27. The number of likely N-dealkylation sites (N-methyl/N-ethyl adjacent to an activating group) is 1. The van der Waals surface area contributed by atoms with Crippen LogP contribution in [0.25, 0.3) is 5.69 Å². The lowest BCUT2D eigenvalue weighted by molar-refractivity contribution is -0.118. The monoisotopic (exact) mass is 538 g/mol. The molecule has 0 aliphatic heterocycles. The number of carbonyl (C=O) groups is 1. The fraction of sp³-hybridized carbons (Fsp3) is 0.467. The maximum absolute atomic E-state index is 14.4. The summed E-state index contributed by atoms with van der Waals surface area (Å²) in [6, 6.07) is 10.3. The van der Waals surface area contributed by atoms with E-state index in [0.29, 0.717) is 43.2 Å². The van der Waals surface area contributed by atoms with Crippen molar-refractivity contribution in [3.05, 3.63) is 77.2 Å². The molecule has 1 amide bonds. The van der Waals surface area contributed by atoms with Gasteiger partial charge in [0.1, 0.15) is 18.0 Å². The highest BCUT2D eigenvalue weighted by molar-refractivity contribution is 5.94. The normalized spacial score (nSPS) is 16.6. The third-order valence-electron chi connectivity index (χ3n) is 7.18. The Morgan fingerprint density at radius 1 is 1.23 bits per heavy atom. The average Bonchev–Trinajstić information content (AvgIpc) is 3.35. The molecule has 2 unspecified atom stereocenters. The Balaban J connectivity index is 1.40. The van der Waals surface area contributed by atoms with Gasteiger partial charge in [0.25, 0.3) is 0 Å². The number of halogens is 2. The predicted molar refractivity (Wildman–Crippen MR) is 151 cm³/mol. The van der Waals surface area contributed by atoms with Gasteiger partial charge >= 0.3 is 0 Å². The maximum Gasteiger partial charge on any atom is 0.242 e. The Hall–Kier alpha value is -3.14. The SMILES string of the molecule is CCCC(N[C@H]1CCc2cc(F)cc(F)c2C1)C(=O)Nc1cn(-c2ccccc2CNC(C)CN(C)C)cn1. The molecular weight excluding hydrogens is 498 g/mol. The third kappa shape index (κ3) is 7.71. The second-order valence-electron chi connectivity index (χ2n) is 10.8. The molecule has 0 saturated heterocycles. The number of amides is 1. The van der Waals surface area contributed by atoms with Gasteiger partial charge in [-0.25, -0.2) is 13.8 Å². The lowest BCUT2D eigenvalue weighted by atomic mass is 9.87. The highest BCUT2D eigenvalue weighted by Crippen LogP contribution is 2.26. The first-order valence-electron chi connectivity index (χ1n) is 13.8. The summed E-state index contributed by atoms with van der Waals surface area (Å²) < 4.78 is 29.9. The van der Waals surface area contributed by atoms with Gasteiger partial charge in [-0.05, 0) is 75.5 Å². The van der Waals surface area contributed by atoms with Crippen LogP contribution in [0, 0.1) is 11.6 Å². The Morgan fingerprint density at radius 3 is 2.79 bits per heavy atom. The summed E-state index contributed by atoms with van der Waals surface area (Å²) in [6.07, 6.45) is 6.71. The van der Waals surface area contributed by atoms with Gasteiger partial charge in [-0.15, -0.1) is 0 Å². The van der Waals surface area contributed by atoms with Gasteiger partial charge in [0, 0.05) is 31.2 Å². The molecule has 7 nitrogen and oxygen atoms in total. The number of fused-ring (bicyclic) bond motifs is 1. The van der Waals surface area contributed by atoms with E-state index >= 15 is 0 Å². The Labute approximate surface area is 230 Å². The van der Waals surface area contributed by atoms with Gasteiger partial charge in [0.15, 0.2) is 5.82 Å². The minimum absolute atomic E-state index is 0.0633. The number of rotatable bonds is 12. The molecule has 4 rings (SSSR count). The fourth-order valence-electron chi connectivity index (χ4n) is 5.33. The largest absolute Gasteiger partial charge is 0.309 e. The summed E-state index contributed by atoms with van der Waals surface area (Å²) in [5.41, 5.74) is 3.39. The molecule has 39 heavy (non-hydrogen) atoms. The van der Waals surface area contributed by atoms with Crippen molar-refractivity contribution in [3.8, 4) is 5.69 Å². The number of aryl methyl sites for hydroxylation is 1. The minimum atomic E-state index is -0.543. The molecular formula is C30H40F2N6O. The Morgan fingerprint density at radius 2 is 2.03 bits per heavy atom. The van der Waals surface area contributed by atoms with Crippen molar-refractivity contribution >= 4 is 11.7 Å². The van der Waals surface area contributed by atoms with Crippen molar-refractivity contribution in [2.45, 2.75) is 70.6 Å². The highest BCUT2D eigenvalue weighted by atomic mass is 19.1. The summed E-state index contributed by atoms with van der Waals surface area (Å²) in [5, 5.41) is 9.95. The van der Waals surface area contributed by atoms with Crippen molar-refractivity contribution in [2.24, 2.45) is 0 Å². The van der Waals surface area contributed by atoms with Crippen LogP contribution in [0.15, 0.2) is 48.9 Å². The lowest BCUT2D eigenvalue weighted by Crippen LogP contribution is -2.48. The molecule has 9 heteroatoms. The van der Waals surface area contributed by atoms with E-state index in [9.17, 15) is 13.6 Å². The van der Waals surface area contributed by atoms with Crippen molar-refractivity contribution < 1.29 is 13.6 Å². The molecule has 1 heterocycles. The van der Waals surface area contributed by atoms with E-state index < -0.39 is 17.7 Å². The Kier molecular flexibility index (Phi) is 9.83. The van der Waals surface area contributed by atoms with Gasteiger partial charge in [0.2, 0.25) is 5.91 Å². The number of carbonyl (C=O) groups excluding carboxylic acids is 1. The molecule has 3 N–H and O–H groups in total.